The summed E-state index contributed by atoms with van der Waals surface area (Å²) in [5.74, 6) is 0. The molecule has 0 bridgehead atoms. The molecule has 1 aromatic carbocycles. The second-order valence-corrected chi connectivity index (χ2v) is 8.04. The van der Waals surface area contributed by atoms with Gasteiger partial charge in [0.25, 0.3) is 5.69 Å². The van der Waals surface area contributed by atoms with Crippen LogP contribution in [0.1, 0.15) is 25.7 Å². The molecule has 2 heterocycles. The molecule has 0 unspecified atom stereocenters. The summed E-state index contributed by atoms with van der Waals surface area (Å²) in [7, 11) is 0. The van der Waals surface area contributed by atoms with Crippen LogP contribution < -0.4 is 5.32 Å². The van der Waals surface area contributed by atoms with Gasteiger partial charge >= 0.3 is 0 Å². The van der Waals surface area contributed by atoms with Crippen LogP contribution in [0.25, 0.3) is 11.1 Å². The Morgan fingerprint density at radius 1 is 1.16 bits per heavy atom. The molecule has 2 aromatic rings. The molecule has 3 rings (SSSR count). The smallest absolute Gasteiger partial charge is 0.292 e. The fourth-order valence-corrected chi connectivity index (χ4v) is 4.02. The third-order valence-corrected chi connectivity index (χ3v) is 5.86. The Bertz CT molecular complexity index is 864. The Labute approximate surface area is 185 Å². The minimum atomic E-state index is -1.25. The number of unbranched alkanes of at least 4 members (excludes halogenated alkanes) is 3. The molecule has 0 saturated carbocycles. The summed E-state index contributed by atoms with van der Waals surface area (Å²) >= 11 is 0. The van der Waals surface area contributed by atoms with E-state index in [0.29, 0.717) is 18.8 Å². The minimum absolute atomic E-state index is 0.00431. The molecule has 4 atom stereocenters. The van der Waals surface area contributed by atoms with Crippen LogP contribution in [-0.2, 0) is 0 Å². The number of β-amino-alcohol motifs (C(OH)–C–C–N with tert-alkyl or cyclic N) is 1. The van der Waals surface area contributed by atoms with Crippen LogP contribution in [0.15, 0.2) is 35.2 Å². The monoisotopic (exact) mass is 450 g/mol. The number of nitrogens with zero attached hydrogens (tertiary/aromatic N) is 3. The number of anilines is 1. The Hall–Kier alpha value is -2.57. The summed E-state index contributed by atoms with van der Waals surface area (Å²) in [6, 6.07) is 4.23. The van der Waals surface area contributed by atoms with Crippen LogP contribution in [0.4, 0.5) is 11.4 Å². The second-order valence-electron chi connectivity index (χ2n) is 8.04. The topological polar surface area (TPSA) is 165 Å². The highest BCUT2D eigenvalue weighted by Crippen LogP contribution is 2.30. The van der Waals surface area contributed by atoms with Crippen molar-refractivity contribution in [3.8, 4) is 11.1 Å². The number of nitro groups is 1. The Kier molecular flexibility index (Phi) is 8.53. The third-order valence-electron chi connectivity index (χ3n) is 5.86. The first-order valence-electron chi connectivity index (χ1n) is 10.7. The number of nitrogens with one attached hydrogen (secondary N) is 1. The number of aromatic nitrogens is 1. The first-order valence-corrected chi connectivity index (χ1v) is 10.7. The average molecular weight is 450 g/mol. The molecule has 0 aliphatic carbocycles. The molecule has 1 aliphatic heterocycles. The van der Waals surface area contributed by atoms with Gasteiger partial charge in [-0.05, 0) is 37.1 Å². The Balaban J connectivity index is 1.43. The van der Waals surface area contributed by atoms with E-state index >= 15 is 0 Å². The molecule has 1 fully saturated rings. The molecule has 32 heavy (non-hydrogen) atoms. The van der Waals surface area contributed by atoms with Crippen molar-refractivity contribution in [2.45, 2.75) is 50.0 Å². The van der Waals surface area contributed by atoms with Crippen molar-refractivity contribution in [2.75, 3.05) is 31.6 Å². The van der Waals surface area contributed by atoms with Gasteiger partial charge < -0.3 is 30.3 Å². The number of nitro benzene ring substituents is 1. The van der Waals surface area contributed by atoms with Crippen LogP contribution >= 0.6 is 0 Å². The van der Waals surface area contributed by atoms with Crippen molar-refractivity contribution in [1.29, 1.82) is 0 Å². The van der Waals surface area contributed by atoms with Gasteiger partial charge in [0.1, 0.15) is 24.2 Å². The van der Waals surface area contributed by atoms with E-state index < -0.39 is 29.3 Å². The van der Waals surface area contributed by atoms with Crippen molar-refractivity contribution < 1.29 is 29.9 Å². The van der Waals surface area contributed by atoms with Crippen LogP contribution in [0.5, 0.6) is 0 Å². The third kappa shape index (κ3) is 5.81. The molecule has 0 radical (unpaired) electrons. The van der Waals surface area contributed by atoms with Gasteiger partial charge in [-0.15, -0.1) is 0 Å². The van der Waals surface area contributed by atoms with Crippen molar-refractivity contribution in [3.63, 3.8) is 0 Å². The number of aliphatic hydroxyl groups excluding tert-OH is 4. The molecule has 0 spiro atoms. The van der Waals surface area contributed by atoms with E-state index in [1.807, 2.05) is 0 Å². The zero-order chi connectivity index (χ0) is 23.1. The maximum Gasteiger partial charge on any atom is 0.292 e. The number of aliphatic hydroxyl groups is 4. The lowest BCUT2D eigenvalue weighted by atomic mass is 9.94. The van der Waals surface area contributed by atoms with Crippen molar-refractivity contribution >= 4 is 11.4 Å². The first kappa shape index (κ1) is 24.1. The van der Waals surface area contributed by atoms with Gasteiger partial charge in [0.15, 0.2) is 0 Å². The summed E-state index contributed by atoms with van der Waals surface area (Å²) < 4.78 is 4.84. The molecule has 11 nitrogen and oxygen atoms in total. The van der Waals surface area contributed by atoms with Gasteiger partial charge in [-0.1, -0.05) is 18.0 Å². The van der Waals surface area contributed by atoms with E-state index in [0.717, 1.165) is 36.8 Å². The van der Waals surface area contributed by atoms with Gasteiger partial charge in [0.2, 0.25) is 0 Å². The summed E-state index contributed by atoms with van der Waals surface area (Å²) in [5, 5.41) is 57.3. The molecule has 1 saturated heterocycles. The molecule has 0 amide bonds. The number of benzene rings is 1. The van der Waals surface area contributed by atoms with Gasteiger partial charge in [-0.25, -0.2) is 0 Å². The lowest BCUT2D eigenvalue weighted by molar-refractivity contribution is -0.383. The SMILES string of the molecule is O=[N+]([O-])c1ccc(-c2cnoc2)cc1NCCCCCCN1C[C@H](O)[C@@H](O)[C@H](O)[C@H]1CO. The van der Waals surface area contributed by atoms with E-state index in [1.54, 1.807) is 23.2 Å². The molecule has 11 heteroatoms. The lowest BCUT2D eigenvalue weighted by Crippen LogP contribution is -2.62. The average Bonchev–Trinajstić information content (AvgIpc) is 3.32. The second kappa shape index (κ2) is 11.3. The van der Waals surface area contributed by atoms with Crippen LogP contribution in [0.3, 0.4) is 0 Å². The molecule has 5 N–H and O–H groups in total. The highest BCUT2D eigenvalue weighted by Gasteiger charge is 2.40. The van der Waals surface area contributed by atoms with Gasteiger partial charge in [0, 0.05) is 24.7 Å². The summed E-state index contributed by atoms with van der Waals surface area (Å²) in [4.78, 5) is 12.7. The Morgan fingerprint density at radius 2 is 1.94 bits per heavy atom. The highest BCUT2D eigenvalue weighted by molar-refractivity contribution is 5.73. The fourth-order valence-electron chi connectivity index (χ4n) is 4.02. The molecule has 1 aliphatic rings. The predicted octanol–water partition coefficient (Wildman–Crippen LogP) is 0.981. The van der Waals surface area contributed by atoms with Crippen molar-refractivity contribution in [1.82, 2.24) is 10.1 Å². The van der Waals surface area contributed by atoms with Crippen LogP contribution in [0.2, 0.25) is 0 Å². The summed E-state index contributed by atoms with van der Waals surface area (Å²) in [6.45, 7) is 1.07. The number of hydrogen-bond acceptors (Lipinski definition) is 10. The van der Waals surface area contributed by atoms with Crippen molar-refractivity contribution in [2.24, 2.45) is 0 Å². The van der Waals surface area contributed by atoms with Crippen LogP contribution in [-0.4, -0.2) is 86.0 Å². The molecule has 1 aromatic heterocycles. The number of rotatable bonds is 11. The fraction of sp³-hybridized carbons (Fsp3) is 0.571. The highest BCUT2D eigenvalue weighted by atomic mass is 16.6. The normalized spacial score (nSPS) is 23.9. The maximum atomic E-state index is 11.3. The maximum absolute atomic E-state index is 11.3. The van der Waals surface area contributed by atoms with Crippen molar-refractivity contribution in [3.05, 3.63) is 40.8 Å². The van der Waals surface area contributed by atoms with Crippen LogP contribution in [0, 0.1) is 10.1 Å². The van der Waals surface area contributed by atoms with Gasteiger partial charge in [-0.2, -0.15) is 0 Å². The summed E-state index contributed by atoms with van der Waals surface area (Å²) in [6.07, 6.45) is 2.93. The first-order chi connectivity index (χ1) is 15.4. The molecule has 176 valence electrons. The van der Waals surface area contributed by atoms with Gasteiger partial charge in [-0.3, -0.25) is 15.0 Å². The standard InChI is InChI=1S/C21H30N4O7/c26-12-18-20(28)21(29)19(27)11-24(18)8-4-2-1-3-7-22-16-9-14(15-10-23-32-13-15)5-6-17(16)25(30)31/h5-6,9-10,13,18-22,26-29H,1-4,7-8,11-12H2/t18-,19+,20-,21-/m1/s1. The summed E-state index contributed by atoms with van der Waals surface area (Å²) in [5.41, 5.74) is 1.96. The minimum Gasteiger partial charge on any atom is -0.395 e. The zero-order valence-electron chi connectivity index (χ0n) is 17.7. The Morgan fingerprint density at radius 3 is 2.62 bits per heavy atom. The number of hydrogen-bond donors (Lipinski definition) is 5. The predicted molar refractivity (Wildman–Crippen MR) is 116 cm³/mol. The quantitative estimate of drug-likeness (QED) is 0.189. The zero-order valence-corrected chi connectivity index (χ0v) is 17.7. The van der Waals surface area contributed by atoms with Gasteiger partial charge in [0.05, 0.1) is 29.9 Å². The number of likely N-dealkylation sites (tertiary alicyclic amines) is 1. The largest absolute Gasteiger partial charge is 0.395 e. The lowest BCUT2D eigenvalue weighted by Gasteiger charge is -2.43. The molecular weight excluding hydrogens is 420 g/mol. The van der Waals surface area contributed by atoms with E-state index in [9.17, 15) is 30.5 Å². The van der Waals surface area contributed by atoms with E-state index in [1.165, 1.54) is 12.3 Å². The molecular formula is C21H30N4O7. The van der Waals surface area contributed by atoms with E-state index in [4.69, 9.17) is 4.52 Å². The number of piperidine rings is 1. The van der Waals surface area contributed by atoms with E-state index in [2.05, 4.69) is 10.5 Å². The van der Waals surface area contributed by atoms with E-state index in [-0.39, 0.29) is 18.8 Å².